The van der Waals surface area contributed by atoms with Gasteiger partial charge in [-0.3, -0.25) is 0 Å². The third kappa shape index (κ3) is 2.45. The summed E-state index contributed by atoms with van der Waals surface area (Å²) in [6.07, 6.45) is 2.88. The average molecular weight is 213 g/mol. The van der Waals surface area contributed by atoms with Crippen molar-refractivity contribution in [3.05, 3.63) is 0 Å². The summed E-state index contributed by atoms with van der Waals surface area (Å²) in [5.74, 6) is 0. The summed E-state index contributed by atoms with van der Waals surface area (Å²) >= 11 is 0. The van der Waals surface area contributed by atoms with E-state index in [1.807, 2.05) is 0 Å². The summed E-state index contributed by atoms with van der Waals surface area (Å²) in [7, 11) is -0.407. The second kappa shape index (κ2) is 4.28. The molecule has 1 heterocycles. The van der Waals surface area contributed by atoms with Crippen LogP contribution in [0.25, 0.3) is 0 Å². The molecule has 0 aromatic rings. The maximum absolute atomic E-state index is 2.78. The monoisotopic (exact) mass is 213 g/mol. The molecular formula is C10H23NSi2. The minimum Gasteiger partial charge on any atom is -0.324 e. The molecule has 0 N–H and O–H groups in total. The molecule has 0 amide bonds. The van der Waals surface area contributed by atoms with Crippen molar-refractivity contribution in [2.24, 2.45) is 0 Å². The van der Waals surface area contributed by atoms with Gasteiger partial charge >= 0.3 is 0 Å². The Morgan fingerprint density at radius 3 is 1.85 bits per heavy atom. The van der Waals surface area contributed by atoms with Crippen molar-refractivity contribution in [3.63, 3.8) is 0 Å². The van der Waals surface area contributed by atoms with Crippen LogP contribution in [0.1, 0.15) is 26.7 Å². The molecule has 0 spiro atoms. The minimum absolute atomic E-state index is 0.143. The van der Waals surface area contributed by atoms with E-state index in [0.29, 0.717) is 4.66 Å². The SMILES string of the molecule is C[Si](C)C(C)(C)[Si](C)N1CCCC1. The summed E-state index contributed by atoms with van der Waals surface area (Å²) < 4.78 is 3.43. The van der Waals surface area contributed by atoms with Gasteiger partial charge in [-0.05, 0) is 30.6 Å². The van der Waals surface area contributed by atoms with Crippen LogP contribution in [0.4, 0.5) is 0 Å². The maximum atomic E-state index is 2.78. The Morgan fingerprint density at radius 2 is 1.46 bits per heavy atom. The van der Waals surface area contributed by atoms with Crippen molar-refractivity contribution in [2.45, 2.75) is 51.0 Å². The van der Waals surface area contributed by atoms with Crippen molar-refractivity contribution in [1.82, 2.24) is 4.57 Å². The molecule has 13 heavy (non-hydrogen) atoms. The predicted octanol–water partition coefficient (Wildman–Crippen LogP) is 2.78. The molecule has 0 aromatic carbocycles. The molecule has 0 unspecified atom stereocenters. The van der Waals surface area contributed by atoms with E-state index in [4.69, 9.17) is 0 Å². The highest BCUT2D eigenvalue weighted by molar-refractivity contribution is 6.79. The number of hydrogen-bond acceptors (Lipinski definition) is 1. The molecule has 1 fully saturated rings. The minimum atomic E-state index is -0.264. The molecule has 1 aliphatic heterocycles. The first-order valence-electron chi connectivity index (χ1n) is 5.36. The first-order valence-corrected chi connectivity index (χ1v) is 9.80. The number of hydrogen-bond donors (Lipinski definition) is 0. The van der Waals surface area contributed by atoms with Gasteiger partial charge in [0.15, 0.2) is 0 Å². The van der Waals surface area contributed by atoms with Gasteiger partial charge in [0.05, 0.1) is 0 Å². The molecule has 2 radical (unpaired) electrons. The lowest BCUT2D eigenvalue weighted by Gasteiger charge is -2.38. The highest BCUT2D eigenvalue weighted by Crippen LogP contribution is 2.34. The van der Waals surface area contributed by atoms with Gasteiger partial charge in [-0.25, -0.2) is 0 Å². The quantitative estimate of drug-likeness (QED) is 0.652. The Hall–Kier alpha value is 0.394. The van der Waals surface area contributed by atoms with Crippen LogP contribution < -0.4 is 0 Å². The second-order valence-corrected chi connectivity index (χ2v) is 11.7. The van der Waals surface area contributed by atoms with Gasteiger partial charge in [-0.2, -0.15) is 0 Å². The van der Waals surface area contributed by atoms with E-state index in [-0.39, 0.29) is 17.8 Å². The Kier molecular flexibility index (Phi) is 3.77. The third-order valence-electron chi connectivity index (χ3n) is 3.73. The fourth-order valence-corrected chi connectivity index (χ4v) is 6.96. The van der Waals surface area contributed by atoms with Crippen LogP contribution in [0.15, 0.2) is 0 Å². The van der Waals surface area contributed by atoms with Gasteiger partial charge in [-0.1, -0.05) is 33.5 Å². The van der Waals surface area contributed by atoms with E-state index in [9.17, 15) is 0 Å². The van der Waals surface area contributed by atoms with Crippen LogP contribution in [0.3, 0.4) is 0 Å². The van der Waals surface area contributed by atoms with Gasteiger partial charge < -0.3 is 4.57 Å². The van der Waals surface area contributed by atoms with Crippen molar-refractivity contribution in [3.8, 4) is 0 Å². The van der Waals surface area contributed by atoms with Crippen LogP contribution in [-0.2, 0) is 0 Å². The molecule has 3 heteroatoms. The zero-order valence-corrected chi connectivity index (χ0v) is 11.8. The zero-order chi connectivity index (χ0) is 10.1. The van der Waals surface area contributed by atoms with Crippen LogP contribution >= 0.6 is 0 Å². The maximum Gasteiger partial charge on any atom is 0.136 e. The topological polar surface area (TPSA) is 3.24 Å². The van der Waals surface area contributed by atoms with Crippen molar-refractivity contribution in [2.75, 3.05) is 13.1 Å². The van der Waals surface area contributed by atoms with Crippen molar-refractivity contribution < 1.29 is 0 Å². The van der Waals surface area contributed by atoms with Crippen LogP contribution in [0, 0.1) is 0 Å². The van der Waals surface area contributed by atoms with Gasteiger partial charge in [0.1, 0.15) is 8.96 Å². The largest absolute Gasteiger partial charge is 0.324 e. The van der Waals surface area contributed by atoms with Crippen LogP contribution in [0.2, 0.25) is 24.3 Å². The van der Waals surface area contributed by atoms with E-state index < -0.39 is 0 Å². The average Bonchev–Trinajstić information content (AvgIpc) is 2.54. The van der Waals surface area contributed by atoms with E-state index in [1.165, 1.54) is 25.9 Å². The van der Waals surface area contributed by atoms with Gasteiger partial charge in [0, 0.05) is 8.80 Å². The highest BCUT2D eigenvalue weighted by Gasteiger charge is 2.36. The summed E-state index contributed by atoms with van der Waals surface area (Å²) in [5, 5.41) is 0. The molecule has 1 saturated heterocycles. The fourth-order valence-electron chi connectivity index (χ4n) is 1.81. The van der Waals surface area contributed by atoms with E-state index in [2.05, 4.69) is 38.1 Å². The van der Waals surface area contributed by atoms with Gasteiger partial charge in [-0.15, -0.1) is 0 Å². The normalized spacial score (nSPS) is 20.5. The van der Waals surface area contributed by atoms with Gasteiger partial charge in [0.25, 0.3) is 0 Å². The molecule has 1 aliphatic rings. The Balaban J connectivity index is 2.58. The molecule has 1 nitrogen and oxygen atoms in total. The van der Waals surface area contributed by atoms with E-state index >= 15 is 0 Å². The smallest absolute Gasteiger partial charge is 0.136 e. The summed E-state index contributed by atoms with van der Waals surface area (Å²) in [6.45, 7) is 15.2. The van der Waals surface area contributed by atoms with Crippen LogP contribution in [0.5, 0.6) is 0 Å². The van der Waals surface area contributed by atoms with Crippen molar-refractivity contribution >= 4 is 17.8 Å². The van der Waals surface area contributed by atoms with Gasteiger partial charge in [0.2, 0.25) is 0 Å². The highest BCUT2D eigenvalue weighted by atomic mass is 28.3. The second-order valence-electron chi connectivity index (χ2n) is 4.90. The van der Waals surface area contributed by atoms with E-state index in [0.717, 1.165) is 0 Å². The molecule has 0 aromatic heterocycles. The lowest BCUT2D eigenvalue weighted by molar-refractivity contribution is 0.518. The predicted molar refractivity (Wildman–Crippen MR) is 63.9 cm³/mol. The molecule has 0 atom stereocenters. The molecule has 76 valence electrons. The van der Waals surface area contributed by atoms with Crippen LogP contribution in [-0.4, -0.2) is 35.4 Å². The lowest BCUT2D eigenvalue weighted by atomic mass is 10.4. The molecule has 0 bridgehead atoms. The first-order chi connectivity index (χ1) is 5.96. The lowest BCUT2D eigenvalue weighted by Crippen LogP contribution is -2.47. The number of nitrogens with zero attached hydrogens (tertiary/aromatic N) is 1. The first kappa shape index (κ1) is 11.5. The summed E-state index contributed by atoms with van der Waals surface area (Å²) in [4.78, 5) is 0. The molecule has 0 saturated carbocycles. The Bertz CT molecular complexity index is 162. The molecule has 1 rings (SSSR count). The third-order valence-corrected chi connectivity index (χ3v) is 12.0. The van der Waals surface area contributed by atoms with E-state index in [1.54, 1.807) is 0 Å². The summed E-state index contributed by atoms with van der Waals surface area (Å²) in [6, 6.07) is 0. The standard InChI is InChI=1S/C10H23NSi2/c1-10(2,12(3)4)13(5)11-8-6-7-9-11/h6-9H2,1-5H3. The molecular weight excluding hydrogens is 190 g/mol. The Labute approximate surface area is 86.8 Å². The molecule has 0 aliphatic carbocycles. The summed E-state index contributed by atoms with van der Waals surface area (Å²) in [5.41, 5.74) is 0. The Morgan fingerprint density at radius 1 is 1.00 bits per heavy atom. The van der Waals surface area contributed by atoms with Crippen molar-refractivity contribution in [1.29, 1.82) is 0 Å². The fraction of sp³-hybridized carbons (Fsp3) is 1.00. The number of rotatable bonds is 3. The zero-order valence-electron chi connectivity index (χ0n) is 9.78.